The lowest BCUT2D eigenvalue weighted by Crippen LogP contribution is -2.23. The van der Waals surface area contributed by atoms with E-state index in [1.165, 1.54) is 6.07 Å². The third-order valence-corrected chi connectivity index (χ3v) is 4.20. The molecule has 2 aromatic rings. The molecule has 3 rings (SSSR count). The van der Waals surface area contributed by atoms with Gasteiger partial charge in [-0.15, -0.1) is 0 Å². The predicted octanol–water partition coefficient (Wildman–Crippen LogP) is 3.56. The quantitative estimate of drug-likeness (QED) is 0.789. The van der Waals surface area contributed by atoms with Crippen LogP contribution in [0.5, 0.6) is 11.5 Å². The maximum absolute atomic E-state index is 12.5. The first-order valence-corrected chi connectivity index (χ1v) is 7.64. The number of carbonyl (C=O) groups excluding carboxylic acids is 1. The Morgan fingerprint density at radius 2 is 2.00 bits per heavy atom. The SMILES string of the molecule is COc1ccc(CN2Cc3nc(Cl)cc(Cl)c3C2=O)c(OC)c1. The van der Waals surface area contributed by atoms with E-state index in [1.54, 1.807) is 25.2 Å². The van der Waals surface area contributed by atoms with Crippen LogP contribution in [0.3, 0.4) is 0 Å². The van der Waals surface area contributed by atoms with Crippen LogP contribution >= 0.6 is 23.2 Å². The van der Waals surface area contributed by atoms with Gasteiger partial charge < -0.3 is 14.4 Å². The number of halogens is 2. The molecule has 1 aromatic heterocycles. The van der Waals surface area contributed by atoms with E-state index in [1.807, 2.05) is 12.1 Å². The molecule has 0 atom stereocenters. The molecule has 0 spiro atoms. The van der Waals surface area contributed by atoms with Crippen LogP contribution in [0.2, 0.25) is 10.2 Å². The van der Waals surface area contributed by atoms with Crippen molar-refractivity contribution in [1.29, 1.82) is 0 Å². The monoisotopic (exact) mass is 352 g/mol. The average molecular weight is 353 g/mol. The van der Waals surface area contributed by atoms with Crippen LogP contribution in [-0.2, 0) is 13.1 Å². The number of fused-ring (bicyclic) bond motifs is 1. The standard InChI is InChI=1S/C16H14Cl2N2O3/c1-22-10-4-3-9(13(5-10)23-2)7-20-8-12-15(16(20)21)11(17)6-14(18)19-12/h3-6H,7-8H2,1-2H3. The molecule has 1 aliphatic rings. The lowest BCUT2D eigenvalue weighted by atomic mass is 10.1. The maximum atomic E-state index is 12.5. The highest BCUT2D eigenvalue weighted by Gasteiger charge is 2.32. The third-order valence-electron chi connectivity index (χ3n) is 3.71. The first-order valence-electron chi connectivity index (χ1n) is 6.88. The summed E-state index contributed by atoms with van der Waals surface area (Å²) in [5, 5.41) is 0.611. The summed E-state index contributed by atoms with van der Waals surface area (Å²) in [4.78, 5) is 18.4. The topological polar surface area (TPSA) is 51.7 Å². The Kier molecular flexibility index (Phi) is 4.33. The number of carbonyl (C=O) groups is 1. The zero-order chi connectivity index (χ0) is 16.6. The van der Waals surface area contributed by atoms with Crippen LogP contribution in [0.15, 0.2) is 24.3 Å². The van der Waals surface area contributed by atoms with Gasteiger partial charge >= 0.3 is 0 Å². The second kappa shape index (κ2) is 6.26. The van der Waals surface area contributed by atoms with E-state index in [0.29, 0.717) is 40.9 Å². The van der Waals surface area contributed by atoms with Crippen molar-refractivity contribution in [3.05, 3.63) is 51.3 Å². The zero-order valence-corrected chi connectivity index (χ0v) is 14.1. The van der Waals surface area contributed by atoms with Gasteiger partial charge in [-0.25, -0.2) is 4.98 Å². The highest BCUT2D eigenvalue weighted by molar-refractivity contribution is 6.36. The molecule has 1 amide bonds. The minimum absolute atomic E-state index is 0.160. The summed E-state index contributed by atoms with van der Waals surface area (Å²) in [5.41, 5.74) is 1.89. The molecule has 0 fully saturated rings. The fraction of sp³-hybridized carbons (Fsp3) is 0.250. The molecule has 0 saturated heterocycles. The number of rotatable bonds is 4. The Bertz CT molecular complexity index is 780. The summed E-state index contributed by atoms with van der Waals surface area (Å²) in [5.74, 6) is 1.19. The number of benzene rings is 1. The van der Waals surface area contributed by atoms with Crippen LogP contribution in [0, 0.1) is 0 Å². The number of nitrogens with zero attached hydrogens (tertiary/aromatic N) is 2. The van der Waals surface area contributed by atoms with Crippen molar-refractivity contribution in [2.24, 2.45) is 0 Å². The molecule has 0 saturated carbocycles. The van der Waals surface area contributed by atoms with Crippen molar-refractivity contribution in [3.63, 3.8) is 0 Å². The van der Waals surface area contributed by atoms with Crippen LogP contribution in [0.1, 0.15) is 21.6 Å². The number of pyridine rings is 1. The Labute approximate surface area is 143 Å². The second-order valence-electron chi connectivity index (χ2n) is 5.09. The smallest absolute Gasteiger partial charge is 0.257 e. The summed E-state index contributed by atoms with van der Waals surface area (Å²) in [6.07, 6.45) is 0. The Morgan fingerprint density at radius 1 is 1.22 bits per heavy atom. The molecule has 5 nitrogen and oxygen atoms in total. The van der Waals surface area contributed by atoms with Crippen molar-refractivity contribution in [1.82, 2.24) is 9.88 Å². The lowest BCUT2D eigenvalue weighted by molar-refractivity contribution is 0.0765. The normalized spacial score (nSPS) is 13.2. The highest BCUT2D eigenvalue weighted by Crippen LogP contribution is 2.33. The van der Waals surface area contributed by atoms with E-state index in [9.17, 15) is 4.79 Å². The molecular weight excluding hydrogens is 339 g/mol. The highest BCUT2D eigenvalue weighted by atomic mass is 35.5. The van der Waals surface area contributed by atoms with E-state index in [0.717, 1.165) is 5.56 Å². The third kappa shape index (κ3) is 2.94. The molecule has 0 bridgehead atoms. The molecule has 23 heavy (non-hydrogen) atoms. The fourth-order valence-corrected chi connectivity index (χ4v) is 3.16. The number of hydrogen-bond donors (Lipinski definition) is 0. The first-order chi connectivity index (χ1) is 11.0. The van der Waals surface area contributed by atoms with Crippen LogP contribution in [0.4, 0.5) is 0 Å². The number of methoxy groups -OCH3 is 2. The van der Waals surface area contributed by atoms with Gasteiger partial charge in [0.05, 0.1) is 43.6 Å². The van der Waals surface area contributed by atoms with Gasteiger partial charge in [0.15, 0.2) is 0 Å². The molecule has 1 aliphatic heterocycles. The Hall–Kier alpha value is -1.98. The Balaban J connectivity index is 1.88. The van der Waals surface area contributed by atoms with Gasteiger partial charge in [0.25, 0.3) is 5.91 Å². The molecule has 0 aliphatic carbocycles. The minimum Gasteiger partial charge on any atom is -0.497 e. The van der Waals surface area contributed by atoms with Crippen LogP contribution < -0.4 is 9.47 Å². The van der Waals surface area contributed by atoms with Crippen molar-refractivity contribution < 1.29 is 14.3 Å². The molecule has 0 unspecified atom stereocenters. The summed E-state index contributed by atoms with van der Waals surface area (Å²) >= 11 is 12.0. The molecule has 120 valence electrons. The largest absolute Gasteiger partial charge is 0.497 e. The average Bonchev–Trinajstić information content (AvgIpc) is 2.83. The number of aromatic nitrogens is 1. The molecule has 0 N–H and O–H groups in total. The molecule has 0 radical (unpaired) electrons. The van der Waals surface area contributed by atoms with Gasteiger partial charge in [0.2, 0.25) is 0 Å². The van der Waals surface area contributed by atoms with Crippen molar-refractivity contribution in [2.45, 2.75) is 13.1 Å². The fourth-order valence-electron chi connectivity index (χ4n) is 2.60. The minimum atomic E-state index is -0.160. The summed E-state index contributed by atoms with van der Waals surface area (Å²) < 4.78 is 10.6. The number of ether oxygens (including phenoxy) is 2. The van der Waals surface area contributed by atoms with Crippen molar-refractivity contribution in [2.75, 3.05) is 14.2 Å². The van der Waals surface area contributed by atoms with Crippen molar-refractivity contribution >= 4 is 29.1 Å². The molecule has 7 heteroatoms. The Morgan fingerprint density at radius 3 is 2.70 bits per heavy atom. The van der Waals surface area contributed by atoms with Gasteiger partial charge in [-0.05, 0) is 18.2 Å². The predicted molar refractivity (Wildman–Crippen MR) is 87.4 cm³/mol. The van der Waals surface area contributed by atoms with E-state index in [4.69, 9.17) is 32.7 Å². The molecular formula is C16H14Cl2N2O3. The maximum Gasteiger partial charge on any atom is 0.257 e. The number of amides is 1. The van der Waals surface area contributed by atoms with E-state index in [-0.39, 0.29) is 11.1 Å². The van der Waals surface area contributed by atoms with E-state index < -0.39 is 0 Å². The van der Waals surface area contributed by atoms with Gasteiger partial charge in [0.1, 0.15) is 16.7 Å². The molecule has 1 aromatic carbocycles. The number of hydrogen-bond acceptors (Lipinski definition) is 4. The van der Waals surface area contributed by atoms with Gasteiger partial charge in [0, 0.05) is 11.6 Å². The summed E-state index contributed by atoms with van der Waals surface area (Å²) in [7, 11) is 3.17. The van der Waals surface area contributed by atoms with Crippen molar-refractivity contribution in [3.8, 4) is 11.5 Å². The summed E-state index contributed by atoms with van der Waals surface area (Å²) in [6.45, 7) is 0.750. The second-order valence-corrected chi connectivity index (χ2v) is 5.88. The first kappa shape index (κ1) is 15.9. The van der Waals surface area contributed by atoms with Gasteiger partial charge in [-0.2, -0.15) is 0 Å². The van der Waals surface area contributed by atoms with E-state index >= 15 is 0 Å². The van der Waals surface area contributed by atoms with E-state index in [2.05, 4.69) is 4.98 Å². The summed E-state index contributed by atoms with van der Waals surface area (Å²) in [6, 6.07) is 6.96. The van der Waals surface area contributed by atoms with Crippen LogP contribution in [0.25, 0.3) is 0 Å². The van der Waals surface area contributed by atoms with Crippen LogP contribution in [-0.4, -0.2) is 30.0 Å². The lowest BCUT2D eigenvalue weighted by Gasteiger charge is -2.18. The van der Waals surface area contributed by atoms with Gasteiger partial charge in [-0.3, -0.25) is 4.79 Å². The molecule has 2 heterocycles. The van der Waals surface area contributed by atoms with Gasteiger partial charge in [-0.1, -0.05) is 23.2 Å². The zero-order valence-electron chi connectivity index (χ0n) is 12.6.